The summed E-state index contributed by atoms with van der Waals surface area (Å²) >= 11 is 0. The van der Waals surface area contributed by atoms with Crippen molar-refractivity contribution < 1.29 is 14.7 Å². The third-order valence-electron chi connectivity index (χ3n) is 6.99. The molecular formula is C22H36N2O3. The number of carbonyl (C=O) groups is 2. The monoisotopic (exact) mass is 376 g/mol. The predicted octanol–water partition coefficient (Wildman–Crippen LogP) is 3.35. The van der Waals surface area contributed by atoms with Crippen LogP contribution < -0.4 is 10.6 Å². The van der Waals surface area contributed by atoms with Crippen molar-refractivity contribution in [1.29, 1.82) is 0 Å². The van der Waals surface area contributed by atoms with Crippen LogP contribution in [0.4, 0.5) is 0 Å². The smallest absolute Gasteiger partial charge is 0.308 e. The average Bonchev–Trinajstić information content (AvgIpc) is 2.40. The van der Waals surface area contributed by atoms with Gasteiger partial charge < -0.3 is 15.7 Å². The number of carboxylic acid groups (broad SMARTS) is 1. The van der Waals surface area contributed by atoms with Gasteiger partial charge in [0.15, 0.2) is 0 Å². The van der Waals surface area contributed by atoms with Crippen molar-refractivity contribution >= 4 is 11.9 Å². The van der Waals surface area contributed by atoms with Crippen LogP contribution in [0.2, 0.25) is 0 Å². The molecule has 0 aromatic rings. The van der Waals surface area contributed by atoms with Crippen LogP contribution in [0.5, 0.6) is 0 Å². The number of carboxylic acids is 1. The number of rotatable bonds is 3. The molecule has 2 bridgehead atoms. The zero-order chi connectivity index (χ0) is 20.4. The minimum atomic E-state index is -0.853. The van der Waals surface area contributed by atoms with Crippen molar-refractivity contribution in [3.63, 3.8) is 0 Å². The predicted molar refractivity (Wildman–Crippen MR) is 106 cm³/mol. The molecular weight excluding hydrogens is 340 g/mol. The van der Waals surface area contributed by atoms with Gasteiger partial charge in [0.05, 0.1) is 11.8 Å². The van der Waals surface area contributed by atoms with Crippen LogP contribution in [0.25, 0.3) is 0 Å². The molecule has 0 aromatic carbocycles. The number of aliphatic carboxylic acids is 1. The fourth-order valence-corrected chi connectivity index (χ4v) is 6.65. The summed E-state index contributed by atoms with van der Waals surface area (Å²) in [7, 11) is 0. The maximum absolute atomic E-state index is 13.4. The van der Waals surface area contributed by atoms with E-state index in [1.54, 1.807) is 0 Å². The number of amides is 1. The minimum absolute atomic E-state index is 0.0387. The Morgan fingerprint density at radius 3 is 2.07 bits per heavy atom. The Balaban J connectivity index is 1.87. The first-order chi connectivity index (χ1) is 12.2. The van der Waals surface area contributed by atoms with Crippen LogP contribution in [-0.2, 0) is 9.59 Å². The molecule has 0 spiro atoms. The molecule has 1 amide bonds. The maximum atomic E-state index is 13.4. The Morgan fingerprint density at radius 2 is 1.59 bits per heavy atom. The Morgan fingerprint density at radius 1 is 1.04 bits per heavy atom. The lowest BCUT2D eigenvalue weighted by Crippen LogP contribution is -2.64. The van der Waals surface area contributed by atoms with Gasteiger partial charge in [-0.25, -0.2) is 0 Å². The summed E-state index contributed by atoms with van der Waals surface area (Å²) in [5, 5.41) is 16.8. The molecule has 0 aromatic heterocycles. The van der Waals surface area contributed by atoms with E-state index in [4.69, 9.17) is 0 Å². The Bertz CT molecular complexity index is 663. The lowest BCUT2D eigenvalue weighted by molar-refractivity contribution is -0.163. The van der Waals surface area contributed by atoms with E-state index in [1.165, 1.54) is 0 Å². The van der Waals surface area contributed by atoms with Gasteiger partial charge in [0.1, 0.15) is 0 Å². The molecule has 1 saturated heterocycles. The zero-order valence-corrected chi connectivity index (χ0v) is 17.8. The van der Waals surface area contributed by atoms with E-state index >= 15 is 0 Å². The standard InChI is InChI=1S/C22H36N2O3/c1-19(2)12-22(7)9-8-14(19)15(16(22)18(26)27)17(25)23-13-10-20(3,4)24-21(5,6)11-13/h8-9,13-16,24H,10-12H2,1-7H3,(H,23,25)(H,26,27). The van der Waals surface area contributed by atoms with Crippen molar-refractivity contribution in [1.82, 2.24) is 10.6 Å². The maximum Gasteiger partial charge on any atom is 0.308 e. The molecule has 3 N–H and O–H groups in total. The van der Waals surface area contributed by atoms with E-state index in [-0.39, 0.29) is 34.4 Å². The summed E-state index contributed by atoms with van der Waals surface area (Å²) in [5.41, 5.74) is -0.686. The van der Waals surface area contributed by atoms with Gasteiger partial charge in [0.25, 0.3) is 0 Å². The number of fused-ring (bicyclic) bond motifs is 2. The highest BCUT2D eigenvalue weighted by Gasteiger charge is 2.60. The van der Waals surface area contributed by atoms with E-state index in [1.807, 2.05) is 13.0 Å². The van der Waals surface area contributed by atoms with Crippen molar-refractivity contribution in [2.75, 3.05) is 0 Å². The number of piperidine rings is 1. The fourth-order valence-electron chi connectivity index (χ4n) is 6.65. The van der Waals surface area contributed by atoms with E-state index < -0.39 is 23.2 Å². The van der Waals surface area contributed by atoms with Gasteiger partial charge in [0.2, 0.25) is 5.91 Å². The summed E-state index contributed by atoms with van der Waals surface area (Å²) < 4.78 is 0. The summed E-state index contributed by atoms with van der Waals surface area (Å²) in [6, 6.07) is 0.0542. The van der Waals surface area contributed by atoms with E-state index in [0.717, 1.165) is 19.3 Å². The molecule has 3 aliphatic carbocycles. The fraction of sp³-hybridized carbons (Fsp3) is 0.818. The molecule has 4 aliphatic rings. The second-order valence-electron chi connectivity index (χ2n) is 11.4. The lowest BCUT2D eigenvalue weighted by Gasteiger charge is -2.57. The molecule has 5 heteroatoms. The second-order valence-corrected chi connectivity index (χ2v) is 11.4. The highest BCUT2D eigenvalue weighted by atomic mass is 16.4. The quantitative estimate of drug-likeness (QED) is 0.660. The zero-order valence-electron chi connectivity index (χ0n) is 17.8. The van der Waals surface area contributed by atoms with Crippen molar-refractivity contribution in [2.24, 2.45) is 28.6 Å². The van der Waals surface area contributed by atoms with Crippen LogP contribution in [-0.4, -0.2) is 34.1 Å². The van der Waals surface area contributed by atoms with Crippen LogP contribution in [0.1, 0.15) is 67.7 Å². The highest BCUT2D eigenvalue weighted by Crippen LogP contribution is 2.60. The third-order valence-corrected chi connectivity index (χ3v) is 6.99. The molecule has 0 radical (unpaired) electrons. The first kappa shape index (κ1) is 20.4. The van der Waals surface area contributed by atoms with Gasteiger partial charge in [-0.1, -0.05) is 32.9 Å². The molecule has 27 heavy (non-hydrogen) atoms. The van der Waals surface area contributed by atoms with Crippen molar-refractivity contribution in [3.05, 3.63) is 12.2 Å². The van der Waals surface area contributed by atoms with Crippen molar-refractivity contribution in [2.45, 2.75) is 84.8 Å². The minimum Gasteiger partial charge on any atom is -0.481 e. The largest absolute Gasteiger partial charge is 0.481 e. The molecule has 1 saturated carbocycles. The summed E-state index contributed by atoms with van der Waals surface area (Å²) in [6.07, 6.45) is 6.63. The van der Waals surface area contributed by atoms with Gasteiger partial charge in [-0.15, -0.1) is 0 Å². The highest BCUT2D eigenvalue weighted by molar-refractivity contribution is 5.87. The van der Waals surface area contributed by atoms with Crippen molar-refractivity contribution in [3.8, 4) is 0 Å². The van der Waals surface area contributed by atoms with E-state index in [0.29, 0.717) is 0 Å². The molecule has 1 aliphatic heterocycles. The molecule has 1 heterocycles. The van der Waals surface area contributed by atoms with Gasteiger partial charge in [-0.05, 0) is 58.3 Å². The number of hydrogen-bond acceptors (Lipinski definition) is 3. The number of carbonyl (C=O) groups excluding carboxylic acids is 1. The molecule has 5 nitrogen and oxygen atoms in total. The van der Waals surface area contributed by atoms with E-state index in [9.17, 15) is 14.7 Å². The van der Waals surface area contributed by atoms with Gasteiger partial charge in [-0.2, -0.15) is 0 Å². The number of nitrogens with one attached hydrogen (secondary N) is 2. The number of hydrogen-bond donors (Lipinski definition) is 3. The SMILES string of the molecule is CC1(C)CC(NC(=O)C2C3C=CC(C)(CC3(C)C)C2C(=O)O)CC(C)(C)N1. The van der Waals surface area contributed by atoms with Crippen LogP contribution in [0.15, 0.2) is 12.2 Å². The summed E-state index contributed by atoms with van der Waals surface area (Å²) in [6.45, 7) is 14.9. The molecule has 4 unspecified atom stereocenters. The topological polar surface area (TPSA) is 78.4 Å². The Labute approximate surface area is 163 Å². The second kappa shape index (κ2) is 6.07. The van der Waals surface area contributed by atoms with Crippen LogP contribution in [0.3, 0.4) is 0 Å². The molecule has 2 fully saturated rings. The molecule has 152 valence electrons. The molecule has 4 rings (SSSR count). The van der Waals surface area contributed by atoms with Crippen LogP contribution >= 0.6 is 0 Å². The Hall–Kier alpha value is -1.36. The Kier molecular flexibility index (Phi) is 4.58. The van der Waals surface area contributed by atoms with Gasteiger partial charge >= 0.3 is 5.97 Å². The first-order valence-corrected chi connectivity index (χ1v) is 10.2. The van der Waals surface area contributed by atoms with Crippen LogP contribution in [0, 0.1) is 28.6 Å². The molecule has 4 atom stereocenters. The normalized spacial score (nSPS) is 39.1. The van der Waals surface area contributed by atoms with Gasteiger partial charge in [-0.3, -0.25) is 9.59 Å². The lowest BCUT2D eigenvalue weighted by atomic mass is 9.46. The average molecular weight is 377 g/mol. The van der Waals surface area contributed by atoms with E-state index in [2.05, 4.69) is 58.3 Å². The summed E-state index contributed by atoms with van der Waals surface area (Å²) in [4.78, 5) is 25.5. The summed E-state index contributed by atoms with van der Waals surface area (Å²) in [5.74, 6) is -2.16. The number of allylic oxidation sites excluding steroid dienone is 2. The first-order valence-electron chi connectivity index (χ1n) is 10.2. The third kappa shape index (κ3) is 3.67. The van der Waals surface area contributed by atoms with Gasteiger partial charge in [0, 0.05) is 22.5 Å².